The molecule has 2 aromatic carbocycles. The summed E-state index contributed by atoms with van der Waals surface area (Å²) < 4.78 is 15.7. The van der Waals surface area contributed by atoms with E-state index < -0.39 is 18.0 Å². The Hall–Kier alpha value is -3.54. The van der Waals surface area contributed by atoms with Crippen molar-refractivity contribution in [3.63, 3.8) is 0 Å². The average Bonchev–Trinajstić information content (AvgIpc) is 3.19. The number of carbonyl (C=O) groups is 2. The quantitative estimate of drug-likeness (QED) is 0.672. The Kier molecular flexibility index (Phi) is 5.34. The van der Waals surface area contributed by atoms with Gasteiger partial charge in [-0.3, -0.25) is 4.79 Å². The van der Waals surface area contributed by atoms with Gasteiger partial charge in [-0.15, -0.1) is 0 Å². The van der Waals surface area contributed by atoms with Gasteiger partial charge in [0.05, 0.1) is 6.26 Å². The lowest BCUT2D eigenvalue weighted by atomic mass is 10.2. The van der Waals surface area contributed by atoms with Gasteiger partial charge in [0.25, 0.3) is 5.91 Å². The molecule has 0 fully saturated rings. The number of esters is 1. The predicted molar refractivity (Wildman–Crippen MR) is 95.2 cm³/mol. The van der Waals surface area contributed by atoms with Crippen molar-refractivity contribution in [1.82, 2.24) is 0 Å². The number of anilines is 1. The SMILES string of the molecule is CC(OC(=O)c1ccco1)C(=O)Nc1ccc(Oc2ccccc2)cc1. The fraction of sp³-hybridized carbons (Fsp3) is 0.100. The molecule has 132 valence electrons. The van der Waals surface area contributed by atoms with E-state index in [2.05, 4.69) is 5.32 Å². The number of furan rings is 1. The third-order valence-corrected chi connectivity index (χ3v) is 3.48. The largest absolute Gasteiger partial charge is 0.457 e. The van der Waals surface area contributed by atoms with Crippen molar-refractivity contribution in [3.05, 3.63) is 78.8 Å². The Morgan fingerprint density at radius 2 is 1.62 bits per heavy atom. The van der Waals surface area contributed by atoms with Gasteiger partial charge in [-0.05, 0) is 55.5 Å². The molecular weight excluding hydrogens is 334 g/mol. The molecule has 0 aliphatic heterocycles. The van der Waals surface area contributed by atoms with Crippen LogP contribution in [-0.4, -0.2) is 18.0 Å². The van der Waals surface area contributed by atoms with Gasteiger partial charge in [0, 0.05) is 5.69 Å². The van der Waals surface area contributed by atoms with Crippen LogP contribution >= 0.6 is 0 Å². The Morgan fingerprint density at radius 3 is 2.27 bits per heavy atom. The smallest absolute Gasteiger partial charge is 0.374 e. The summed E-state index contributed by atoms with van der Waals surface area (Å²) in [7, 11) is 0. The number of ether oxygens (including phenoxy) is 2. The lowest BCUT2D eigenvalue weighted by Gasteiger charge is -2.13. The van der Waals surface area contributed by atoms with Crippen molar-refractivity contribution >= 4 is 17.6 Å². The minimum atomic E-state index is -0.965. The first-order valence-electron chi connectivity index (χ1n) is 8.00. The molecule has 1 N–H and O–H groups in total. The Balaban J connectivity index is 1.54. The van der Waals surface area contributed by atoms with Crippen LogP contribution in [0.15, 0.2) is 77.4 Å². The maximum absolute atomic E-state index is 12.1. The van der Waals surface area contributed by atoms with Gasteiger partial charge in [-0.1, -0.05) is 18.2 Å². The molecule has 0 aliphatic rings. The molecule has 6 nitrogen and oxygen atoms in total. The number of hydrogen-bond donors (Lipinski definition) is 1. The van der Waals surface area contributed by atoms with Crippen LogP contribution in [0.1, 0.15) is 17.5 Å². The molecule has 3 rings (SSSR count). The zero-order valence-corrected chi connectivity index (χ0v) is 14.0. The minimum Gasteiger partial charge on any atom is -0.457 e. The molecule has 0 saturated heterocycles. The number of nitrogens with one attached hydrogen (secondary N) is 1. The van der Waals surface area contributed by atoms with Crippen molar-refractivity contribution in [1.29, 1.82) is 0 Å². The van der Waals surface area contributed by atoms with E-state index in [0.29, 0.717) is 11.4 Å². The van der Waals surface area contributed by atoms with Crippen molar-refractivity contribution in [2.75, 3.05) is 5.32 Å². The zero-order valence-electron chi connectivity index (χ0n) is 14.0. The topological polar surface area (TPSA) is 77.8 Å². The summed E-state index contributed by atoms with van der Waals surface area (Å²) in [5.41, 5.74) is 0.566. The number of benzene rings is 2. The van der Waals surface area contributed by atoms with Gasteiger partial charge in [0.1, 0.15) is 11.5 Å². The summed E-state index contributed by atoms with van der Waals surface area (Å²) in [6.45, 7) is 1.49. The maximum Gasteiger partial charge on any atom is 0.374 e. The number of hydrogen-bond acceptors (Lipinski definition) is 5. The number of carbonyl (C=O) groups excluding carboxylic acids is 2. The highest BCUT2D eigenvalue weighted by molar-refractivity contribution is 5.96. The normalized spacial score (nSPS) is 11.4. The Labute approximate surface area is 150 Å². The second-order valence-electron chi connectivity index (χ2n) is 5.45. The average molecular weight is 351 g/mol. The Morgan fingerprint density at radius 1 is 0.923 bits per heavy atom. The van der Waals surface area contributed by atoms with Crippen LogP contribution in [0.4, 0.5) is 5.69 Å². The van der Waals surface area contributed by atoms with Gasteiger partial charge >= 0.3 is 5.97 Å². The first kappa shape index (κ1) is 17.3. The number of amides is 1. The summed E-state index contributed by atoms with van der Waals surface area (Å²) in [6.07, 6.45) is 0.397. The summed E-state index contributed by atoms with van der Waals surface area (Å²) in [5.74, 6) is 0.284. The molecule has 1 aromatic heterocycles. The lowest BCUT2D eigenvalue weighted by Crippen LogP contribution is -2.29. The van der Waals surface area contributed by atoms with Crippen molar-refractivity contribution < 1.29 is 23.5 Å². The fourth-order valence-electron chi connectivity index (χ4n) is 2.14. The molecular formula is C20H17NO5. The molecule has 0 aliphatic carbocycles. The summed E-state index contributed by atoms with van der Waals surface area (Å²) >= 11 is 0. The van der Waals surface area contributed by atoms with Crippen LogP contribution < -0.4 is 10.1 Å². The molecule has 1 atom stereocenters. The number of para-hydroxylation sites is 1. The minimum absolute atomic E-state index is 0.0482. The molecule has 0 spiro atoms. The first-order chi connectivity index (χ1) is 12.6. The van der Waals surface area contributed by atoms with Crippen molar-refractivity contribution in [2.45, 2.75) is 13.0 Å². The molecule has 26 heavy (non-hydrogen) atoms. The summed E-state index contributed by atoms with van der Waals surface area (Å²) in [6, 6.07) is 19.3. The van der Waals surface area contributed by atoms with Gasteiger partial charge in [0.2, 0.25) is 5.76 Å². The van der Waals surface area contributed by atoms with Crippen LogP contribution in [-0.2, 0) is 9.53 Å². The molecule has 6 heteroatoms. The van der Waals surface area contributed by atoms with E-state index >= 15 is 0 Å². The highest BCUT2D eigenvalue weighted by Gasteiger charge is 2.20. The third kappa shape index (κ3) is 4.51. The van der Waals surface area contributed by atoms with E-state index in [0.717, 1.165) is 5.75 Å². The van der Waals surface area contributed by atoms with Crippen LogP contribution in [0.25, 0.3) is 0 Å². The van der Waals surface area contributed by atoms with Crippen LogP contribution in [0.5, 0.6) is 11.5 Å². The van der Waals surface area contributed by atoms with Crippen LogP contribution in [0.3, 0.4) is 0 Å². The number of rotatable bonds is 6. The van der Waals surface area contributed by atoms with Crippen molar-refractivity contribution in [3.8, 4) is 11.5 Å². The van der Waals surface area contributed by atoms with Crippen LogP contribution in [0.2, 0.25) is 0 Å². The lowest BCUT2D eigenvalue weighted by molar-refractivity contribution is -0.123. The monoisotopic (exact) mass is 351 g/mol. The van der Waals surface area contributed by atoms with E-state index in [1.54, 1.807) is 30.3 Å². The van der Waals surface area contributed by atoms with Gasteiger partial charge in [-0.25, -0.2) is 4.79 Å². The molecule has 3 aromatic rings. The highest BCUT2D eigenvalue weighted by atomic mass is 16.6. The third-order valence-electron chi connectivity index (χ3n) is 3.48. The van der Waals surface area contributed by atoms with E-state index in [1.165, 1.54) is 19.3 Å². The Bertz CT molecular complexity index is 857. The molecule has 1 heterocycles. The van der Waals surface area contributed by atoms with E-state index in [1.807, 2.05) is 30.3 Å². The standard InChI is InChI=1S/C20H17NO5/c1-14(25-20(23)18-8-5-13-24-18)19(22)21-15-9-11-17(12-10-15)26-16-6-3-2-4-7-16/h2-14H,1H3,(H,21,22). The van der Waals surface area contributed by atoms with Gasteiger partial charge in [0.15, 0.2) is 6.10 Å². The van der Waals surface area contributed by atoms with Gasteiger partial charge in [-0.2, -0.15) is 0 Å². The summed E-state index contributed by atoms with van der Waals surface area (Å²) in [4.78, 5) is 23.9. The van der Waals surface area contributed by atoms with Gasteiger partial charge < -0.3 is 19.2 Å². The molecule has 1 unspecified atom stereocenters. The molecule has 1 amide bonds. The summed E-state index contributed by atoms with van der Waals surface area (Å²) in [5, 5.41) is 2.68. The predicted octanol–water partition coefficient (Wildman–Crippen LogP) is 4.26. The molecule has 0 saturated carbocycles. The maximum atomic E-state index is 12.1. The van der Waals surface area contributed by atoms with Crippen LogP contribution in [0, 0.1) is 0 Å². The highest BCUT2D eigenvalue weighted by Crippen LogP contribution is 2.22. The van der Waals surface area contributed by atoms with E-state index in [9.17, 15) is 9.59 Å². The van der Waals surface area contributed by atoms with Crippen molar-refractivity contribution in [2.24, 2.45) is 0 Å². The molecule has 0 radical (unpaired) electrons. The second kappa shape index (κ2) is 8.02. The van der Waals surface area contributed by atoms with E-state index in [4.69, 9.17) is 13.9 Å². The molecule has 0 bridgehead atoms. The fourth-order valence-corrected chi connectivity index (χ4v) is 2.14. The zero-order chi connectivity index (χ0) is 18.4. The second-order valence-corrected chi connectivity index (χ2v) is 5.45. The van der Waals surface area contributed by atoms with E-state index in [-0.39, 0.29) is 5.76 Å². The first-order valence-corrected chi connectivity index (χ1v) is 8.00.